The van der Waals surface area contributed by atoms with Gasteiger partial charge >= 0.3 is 0 Å². The van der Waals surface area contributed by atoms with E-state index in [9.17, 15) is 8.42 Å². The topological polar surface area (TPSA) is 50.3 Å². The van der Waals surface area contributed by atoms with Crippen molar-refractivity contribution in [3.8, 4) is 0 Å². The van der Waals surface area contributed by atoms with Crippen LogP contribution in [0.5, 0.6) is 0 Å². The molecule has 0 aliphatic carbocycles. The minimum atomic E-state index is -3.52. The SMILES string of the molecule is CN(C(C)(C)CBr)S(=O)(=O)c1cncc(Br)c1. The Balaban J connectivity index is 3.21. The Morgan fingerprint density at radius 2 is 2.00 bits per heavy atom. The summed E-state index contributed by atoms with van der Waals surface area (Å²) in [5, 5.41) is 0.553. The molecule has 0 bridgehead atoms. The summed E-state index contributed by atoms with van der Waals surface area (Å²) in [6.07, 6.45) is 2.90. The van der Waals surface area contributed by atoms with Gasteiger partial charge in [0.2, 0.25) is 10.0 Å². The average Bonchev–Trinajstić information content (AvgIpc) is 2.28. The van der Waals surface area contributed by atoms with Gasteiger partial charge < -0.3 is 0 Å². The molecule has 0 aliphatic heterocycles. The van der Waals surface area contributed by atoms with E-state index in [2.05, 4.69) is 36.8 Å². The lowest BCUT2D eigenvalue weighted by Crippen LogP contribution is -2.46. The molecule has 1 aromatic heterocycles. The molecule has 0 amide bonds. The van der Waals surface area contributed by atoms with Gasteiger partial charge in [-0.15, -0.1) is 0 Å². The molecule has 0 fully saturated rings. The molecule has 0 aliphatic rings. The highest BCUT2D eigenvalue weighted by Crippen LogP contribution is 2.25. The van der Waals surface area contributed by atoms with E-state index in [4.69, 9.17) is 0 Å². The van der Waals surface area contributed by atoms with Crippen LogP contribution in [0.3, 0.4) is 0 Å². The molecular formula is C10H14Br2N2O2S. The Bertz CT molecular complexity index is 503. The lowest BCUT2D eigenvalue weighted by Gasteiger charge is -2.32. The van der Waals surface area contributed by atoms with Crippen LogP contribution in [0.25, 0.3) is 0 Å². The summed E-state index contributed by atoms with van der Waals surface area (Å²) in [6.45, 7) is 3.70. The fourth-order valence-corrected chi connectivity index (χ4v) is 3.66. The third-order valence-electron chi connectivity index (χ3n) is 2.52. The van der Waals surface area contributed by atoms with Crippen LogP contribution in [0.4, 0.5) is 0 Å². The number of nitrogens with zero attached hydrogens (tertiary/aromatic N) is 2. The Labute approximate surface area is 119 Å². The highest BCUT2D eigenvalue weighted by atomic mass is 79.9. The second-order valence-electron chi connectivity index (χ2n) is 4.26. The number of hydrogen-bond donors (Lipinski definition) is 0. The highest BCUT2D eigenvalue weighted by Gasteiger charge is 2.33. The summed E-state index contributed by atoms with van der Waals surface area (Å²) in [5.74, 6) is 0. The molecule has 0 radical (unpaired) electrons. The van der Waals surface area contributed by atoms with Crippen LogP contribution in [0.2, 0.25) is 0 Å². The van der Waals surface area contributed by atoms with Crippen LogP contribution in [-0.2, 0) is 10.0 Å². The van der Waals surface area contributed by atoms with Crippen molar-refractivity contribution >= 4 is 41.9 Å². The molecule has 1 aromatic rings. The van der Waals surface area contributed by atoms with Crippen LogP contribution in [0.15, 0.2) is 27.8 Å². The molecule has 0 spiro atoms. The number of alkyl halides is 1. The van der Waals surface area contributed by atoms with Gasteiger partial charge in [-0.25, -0.2) is 8.42 Å². The van der Waals surface area contributed by atoms with Crippen LogP contribution in [0, 0.1) is 0 Å². The zero-order valence-electron chi connectivity index (χ0n) is 9.81. The second kappa shape index (κ2) is 5.34. The molecule has 0 saturated carbocycles. The first-order valence-corrected chi connectivity index (χ1v) is 8.23. The minimum Gasteiger partial charge on any atom is -0.262 e. The van der Waals surface area contributed by atoms with Crippen molar-refractivity contribution in [3.63, 3.8) is 0 Å². The molecule has 0 N–H and O–H groups in total. The van der Waals surface area contributed by atoms with E-state index >= 15 is 0 Å². The molecule has 1 rings (SSSR count). The smallest absolute Gasteiger partial charge is 0.244 e. The number of aromatic nitrogens is 1. The van der Waals surface area contributed by atoms with Crippen molar-refractivity contribution in [1.82, 2.24) is 9.29 Å². The zero-order valence-corrected chi connectivity index (χ0v) is 13.8. The maximum Gasteiger partial charge on any atom is 0.244 e. The summed E-state index contributed by atoms with van der Waals surface area (Å²) in [7, 11) is -1.95. The third kappa shape index (κ3) is 3.27. The van der Waals surface area contributed by atoms with Crippen LogP contribution in [-0.4, -0.2) is 35.6 Å². The lowest BCUT2D eigenvalue weighted by atomic mass is 10.1. The molecule has 0 aromatic carbocycles. The number of pyridine rings is 1. The molecule has 17 heavy (non-hydrogen) atoms. The Hall–Kier alpha value is 0.0200. The van der Waals surface area contributed by atoms with Crippen molar-refractivity contribution in [1.29, 1.82) is 0 Å². The summed E-state index contributed by atoms with van der Waals surface area (Å²) < 4.78 is 26.7. The maximum atomic E-state index is 12.3. The number of halogens is 2. The van der Waals surface area contributed by atoms with E-state index in [-0.39, 0.29) is 4.90 Å². The molecule has 0 atom stereocenters. The first kappa shape index (κ1) is 15.1. The quantitative estimate of drug-likeness (QED) is 0.748. The standard InChI is InChI=1S/C10H14Br2N2O2S/c1-10(2,7-11)14(3)17(15,16)9-4-8(12)5-13-6-9/h4-6H,7H2,1-3H3. The van der Waals surface area contributed by atoms with Gasteiger partial charge in [0.05, 0.1) is 0 Å². The van der Waals surface area contributed by atoms with Crippen molar-refractivity contribution in [2.24, 2.45) is 0 Å². The van der Waals surface area contributed by atoms with Gasteiger partial charge in [-0.3, -0.25) is 4.98 Å². The maximum absolute atomic E-state index is 12.3. The fraction of sp³-hybridized carbons (Fsp3) is 0.500. The average molecular weight is 386 g/mol. The summed E-state index contributed by atoms with van der Waals surface area (Å²) in [5.41, 5.74) is -0.499. The normalized spacial score (nSPS) is 13.1. The van der Waals surface area contributed by atoms with Crippen molar-refractivity contribution in [2.75, 3.05) is 12.4 Å². The Kier molecular flexibility index (Phi) is 4.73. The first-order valence-electron chi connectivity index (χ1n) is 4.87. The van der Waals surface area contributed by atoms with Gasteiger partial charge in [-0.1, -0.05) is 15.9 Å². The van der Waals surface area contributed by atoms with Gasteiger partial charge in [0.25, 0.3) is 0 Å². The highest BCUT2D eigenvalue weighted by molar-refractivity contribution is 9.10. The molecule has 4 nitrogen and oxygen atoms in total. The van der Waals surface area contributed by atoms with E-state index in [1.54, 1.807) is 19.3 Å². The van der Waals surface area contributed by atoms with Crippen LogP contribution >= 0.6 is 31.9 Å². The predicted octanol–water partition coefficient (Wildman–Crippen LogP) is 2.64. The van der Waals surface area contributed by atoms with Crippen molar-refractivity contribution in [2.45, 2.75) is 24.3 Å². The van der Waals surface area contributed by atoms with Gasteiger partial charge in [0.1, 0.15) is 4.90 Å². The van der Waals surface area contributed by atoms with E-state index in [1.807, 2.05) is 13.8 Å². The Morgan fingerprint density at radius 1 is 1.41 bits per heavy atom. The number of sulfonamides is 1. The summed E-state index contributed by atoms with van der Waals surface area (Å²) in [6, 6.07) is 1.54. The van der Waals surface area contributed by atoms with Crippen molar-refractivity contribution < 1.29 is 8.42 Å². The van der Waals surface area contributed by atoms with Gasteiger partial charge in [-0.2, -0.15) is 4.31 Å². The largest absolute Gasteiger partial charge is 0.262 e. The summed E-state index contributed by atoms with van der Waals surface area (Å²) in [4.78, 5) is 4.06. The molecule has 0 unspecified atom stereocenters. The molecule has 7 heteroatoms. The Morgan fingerprint density at radius 3 is 2.47 bits per heavy atom. The van der Waals surface area contributed by atoms with Gasteiger partial charge in [0, 0.05) is 34.8 Å². The lowest BCUT2D eigenvalue weighted by molar-refractivity contribution is 0.299. The van der Waals surface area contributed by atoms with Crippen molar-refractivity contribution in [3.05, 3.63) is 22.9 Å². The van der Waals surface area contributed by atoms with Gasteiger partial charge in [0.15, 0.2) is 0 Å². The van der Waals surface area contributed by atoms with E-state index in [0.717, 1.165) is 0 Å². The number of rotatable bonds is 4. The predicted molar refractivity (Wildman–Crippen MR) is 74.8 cm³/mol. The van der Waals surface area contributed by atoms with E-state index in [0.29, 0.717) is 9.80 Å². The molecule has 96 valence electrons. The van der Waals surface area contributed by atoms with E-state index < -0.39 is 15.6 Å². The molecule has 1 heterocycles. The molecule has 0 saturated heterocycles. The zero-order chi connectivity index (χ0) is 13.3. The van der Waals surface area contributed by atoms with Gasteiger partial charge in [-0.05, 0) is 35.8 Å². The van der Waals surface area contributed by atoms with Crippen LogP contribution < -0.4 is 0 Å². The number of hydrogen-bond acceptors (Lipinski definition) is 3. The van der Waals surface area contributed by atoms with Crippen LogP contribution in [0.1, 0.15) is 13.8 Å². The second-order valence-corrected chi connectivity index (χ2v) is 7.70. The summed E-state index contributed by atoms with van der Waals surface area (Å²) >= 11 is 6.54. The first-order chi connectivity index (χ1) is 7.71. The molecular weight excluding hydrogens is 372 g/mol. The fourth-order valence-electron chi connectivity index (χ4n) is 1.10. The van der Waals surface area contributed by atoms with E-state index in [1.165, 1.54) is 10.5 Å². The monoisotopic (exact) mass is 384 g/mol. The third-order valence-corrected chi connectivity index (χ3v) is 6.36. The minimum absolute atomic E-state index is 0.184.